The van der Waals surface area contributed by atoms with Gasteiger partial charge in [-0.1, -0.05) is 24.3 Å². The van der Waals surface area contributed by atoms with Gasteiger partial charge in [0.2, 0.25) is 5.91 Å². The number of ether oxygens (including phenoxy) is 2. The maximum Gasteiger partial charge on any atom is 0.308 e. The number of carbonyl (C=O) groups is 2. The summed E-state index contributed by atoms with van der Waals surface area (Å²) in [5.41, 5.74) is 1.08. The van der Waals surface area contributed by atoms with Crippen molar-refractivity contribution >= 4 is 11.9 Å². The molecule has 0 spiro atoms. The number of rotatable bonds is 7. The molecular weight excluding hydrogens is 475 g/mol. The summed E-state index contributed by atoms with van der Waals surface area (Å²) < 4.78 is 52.4. The number of carboxylic acid groups (broad SMARTS) is 1. The van der Waals surface area contributed by atoms with E-state index in [0.717, 1.165) is 0 Å². The van der Waals surface area contributed by atoms with Gasteiger partial charge in [0.1, 0.15) is 17.3 Å². The molecule has 36 heavy (non-hydrogen) atoms. The first-order valence-corrected chi connectivity index (χ1v) is 11.2. The molecule has 188 valence electrons. The topological polar surface area (TPSA) is 76.1 Å². The first-order chi connectivity index (χ1) is 17.2. The molecule has 2 atom stereocenters. The highest BCUT2D eigenvalue weighted by atomic mass is 19.2. The first-order valence-electron chi connectivity index (χ1n) is 11.2. The van der Waals surface area contributed by atoms with Crippen LogP contribution in [0.1, 0.15) is 35.1 Å². The largest absolute Gasteiger partial charge is 0.497 e. The summed E-state index contributed by atoms with van der Waals surface area (Å²) in [6.45, 7) is -0.264. The highest BCUT2D eigenvalue weighted by Gasteiger charge is 2.43. The maximum absolute atomic E-state index is 14.6. The van der Waals surface area contributed by atoms with Gasteiger partial charge >= 0.3 is 5.97 Å². The molecule has 0 unspecified atom stereocenters. The lowest BCUT2D eigenvalue weighted by Crippen LogP contribution is -2.48. The molecule has 1 aliphatic rings. The van der Waals surface area contributed by atoms with E-state index in [1.165, 1.54) is 19.1 Å². The number of piperidine rings is 1. The van der Waals surface area contributed by atoms with Crippen molar-refractivity contribution in [3.05, 3.63) is 94.8 Å². The summed E-state index contributed by atoms with van der Waals surface area (Å²) in [5, 5.41) is 9.99. The second-order valence-corrected chi connectivity index (χ2v) is 8.54. The van der Waals surface area contributed by atoms with Crippen LogP contribution in [0.5, 0.6) is 11.5 Å². The molecular formula is C27H24F3NO5. The normalized spacial score (nSPS) is 17.8. The van der Waals surface area contributed by atoms with Gasteiger partial charge in [0.05, 0.1) is 26.2 Å². The highest BCUT2D eigenvalue weighted by molar-refractivity contribution is 5.83. The second kappa shape index (κ2) is 10.3. The summed E-state index contributed by atoms with van der Waals surface area (Å²) in [4.78, 5) is 27.1. The number of amides is 1. The fourth-order valence-electron chi connectivity index (χ4n) is 4.66. The number of carboxylic acids is 1. The van der Waals surface area contributed by atoms with Crippen molar-refractivity contribution in [3.63, 3.8) is 0 Å². The van der Waals surface area contributed by atoms with Gasteiger partial charge < -0.3 is 19.5 Å². The second-order valence-electron chi connectivity index (χ2n) is 8.54. The number of carbonyl (C=O) groups excluding carboxylic acids is 1. The fraction of sp³-hybridized carbons (Fsp3) is 0.259. The van der Waals surface area contributed by atoms with E-state index in [0.29, 0.717) is 34.8 Å². The number of benzene rings is 3. The van der Waals surface area contributed by atoms with Crippen molar-refractivity contribution in [2.24, 2.45) is 5.92 Å². The number of likely N-dealkylation sites (tertiary alicyclic amines) is 1. The third kappa shape index (κ3) is 4.86. The monoisotopic (exact) mass is 499 g/mol. The van der Waals surface area contributed by atoms with Crippen LogP contribution in [0.2, 0.25) is 0 Å². The van der Waals surface area contributed by atoms with Gasteiger partial charge in [0.15, 0.2) is 11.6 Å². The van der Waals surface area contributed by atoms with Gasteiger partial charge in [-0.25, -0.2) is 13.2 Å². The van der Waals surface area contributed by atoms with Crippen LogP contribution in [0.3, 0.4) is 0 Å². The van der Waals surface area contributed by atoms with E-state index < -0.39 is 47.2 Å². The van der Waals surface area contributed by atoms with Crippen LogP contribution in [-0.2, 0) is 9.59 Å². The number of hydrogen-bond donors (Lipinski definition) is 1. The predicted octanol–water partition coefficient (Wildman–Crippen LogP) is 4.93. The third-order valence-corrected chi connectivity index (χ3v) is 6.52. The van der Waals surface area contributed by atoms with Crippen LogP contribution >= 0.6 is 0 Å². The standard InChI is InChI=1S/C27H24F3NO5/c1-35-17-7-3-15(4-8-17)26(16-5-9-18(36-2)10-6-16)31-14-21(27(33)34)19(12-25(31)32)20-11-23(29)24(30)13-22(20)28/h3-11,13,19,21,26H,12,14H2,1-2H3,(H,33,34)/t19-,21+/m0/s1. The highest BCUT2D eigenvalue weighted by Crippen LogP contribution is 2.41. The Labute approximate surface area is 205 Å². The van der Waals surface area contributed by atoms with Gasteiger partial charge in [-0.15, -0.1) is 0 Å². The number of halogens is 3. The summed E-state index contributed by atoms with van der Waals surface area (Å²) in [7, 11) is 3.05. The van der Waals surface area contributed by atoms with Crippen molar-refractivity contribution < 1.29 is 37.3 Å². The molecule has 1 saturated heterocycles. The van der Waals surface area contributed by atoms with Crippen LogP contribution in [0.25, 0.3) is 0 Å². The molecule has 1 heterocycles. The lowest BCUT2D eigenvalue weighted by molar-refractivity contribution is -0.149. The van der Waals surface area contributed by atoms with Crippen LogP contribution in [0.15, 0.2) is 60.7 Å². The molecule has 4 rings (SSSR count). The number of hydrogen-bond acceptors (Lipinski definition) is 4. The summed E-state index contributed by atoms with van der Waals surface area (Å²) in [5.74, 6) is -6.69. The smallest absolute Gasteiger partial charge is 0.308 e. The van der Waals surface area contributed by atoms with Crippen molar-refractivity contribution in [1.29, 1.82) is 0 Å². The van der Waals surface area contributed by atoms with Gasteiger partial charge in [-0.05, 0) is 47.0 Å². The molecule has 1 aliphatic heterocycles. The minimum absolute atomic E-state index is 0.264. The Balaban J connectivity index is 1.76. The summed E-state index contributed by atoms with van der Waals surface area (Å²) in [6, 6.07) is 14.4. The lowest BCUT2D eigenvalue weighted by Gasteiger charge is -2.41. The summed E-state index contributed by atoms with van der Waals surface area (Å²) >= 11 is 0. The Hall–Kier alpha value is -4.01. The van der Waals surface area contributed by atoms with Gasteiger partial charge in [0.25, 0.3) is 0 Å². The van der Waals surface area contributed by atoms with Crippen molar-refractivity contribution in [2.75, 3.05) is 20.8 Å². The molecule has 3 aromatic carbocycles. The van der Waals surface area contributed by atoms with Crippen molar-refractivity contribution in [3.8, 4) is 11.5 Å². The Morgan fingerprint density at radius 1 is 0.889 bits per heavy atom. The molecule has 0 aromatic heterocycles. The van der Waals surface area contributed by atoms with E-state index in [4.69, 9.17) is 9.47 Å². The molecule has 3 aromatic rings. The van der Waals surface area contributed by atoms with Crippen molar-refractivity contribution in [1.82, 2.24) is 4.90 Å². The third-order valence-electron chi connectivity index (χ3n) is 6.52. The molecule has 0 saturated carbocycles. The first kappa shape index (κ1) is 25.1. The minimum atomic E-state index is -1.38. The van der Waals surface area contributed by atoms with Crippen LogP contribution in [-0.4, -0.2) is 42.6 Å². The molecule has 1 amide bonds. The van der Waals surface area contributed by atoms with Crippen molar-refractivity contribution in [2.45, 2.75) is 18.4 Å². The van der Waals surface area contributed by atoms with E-state index in [-0.39, 0.29) is 18.5 Å². The zero-order valence-corrected chi connectivity index (χ0v) is 19.6. The van der Waals surface area contributed by atoms with Crippen LogP contribution in [0, 0.1) is 23.4 Å². The quantitative estimate of drug-likeness (QED) is 0.467. The number of aliphatic carboxylic acids is 1. The van der Waals surface area contributed by atoms with E-state index >= 15 is 0 Å². The molecule has 6 nitrogen and oxygen atoms in total. The van der Waals surface area contributed by atoms with E-state index in [9.17, 15) is 27.9 Å². The summed E-state index contributed by atoms with van der Waals surface area (Å²) in [6.07, 6.45) is -0.387. The minimum Gasteiger partial charge on any atom is -0.497 e. The molecule has 1 N–H and O–H groups in total. The lowest BCUT2D eigenvalue weighted by atomic mass is 9.78. The average Bonchev–Trinajstić information content (AvgIpc) is 2.87. The molecule has 0 radical (unpaired) electrons. The number of nitrogens with zero attached hydrogens (tertiary/aromatic N) is 1. The Bertz CT molecular complexity index is 1220. The van der Waals surface area contributed by atoms with Gasteiger partial charge in [-0.3, -0.25) is 9.59 Å². The van der Waals surface area contributed by atoms with E-state index in [1.807, 2.05) is 0 Å². The average molecular weight is 499 g/mol. The van der Waals surface area contributed by atoms with E-state index in [1.54, 1.807) is 48.5 Å². The SMILES string of the molecule is COc1ccc(C(c2ccc(OC)cc2)N2C[C@@H](C(=O)O)[C@H](c3cc(F)c(F)cc3F)CC2=O)cc1. The molecule has 9 heteroatoms. The van der Waals surface area contributed by atoms with Crippen LogP contribution < -0.4 is 9.47 Å². The Morgan fingerprint density at radius 2 is 1.39 bits per heavy atom. The van der Waals surface area contributed by atoms with Gasteiger partial charge in [-0.2, -0.15) is 0 Å². The Kier molecular flexibility index (Phi) is 7.19. The molecule has 0 aliphatic carbocycles. The maximum atomic E-state index is 14.6. The van der Waals surface area contributed by atoms with Gasteiger partial charge in [0, 0.05) is 24.9 Å². The zero-order chi connectivity index (χ0) is 26.0. The number of methoxy groups -OCH3 is 2. The Morgan fingerprint density at radius 3 is 1.86 bits per heavy atom. The fourth-order valence-corrected chi connectivity index (χ4v) is 4.66. The molecule has 1 fully saturated rings. The van der Waals surface area contributed by atoms with E-state index in [2.05, 4.69) is 0 Å². The zero-order valence-electron chi connectivity index (χ0n) is 19.6. The van der Waals surface area contributed by atoms with Crippen LogP contribution in [0.4, 0.5) is 13.2 Å². The predicted molar refractivity (Wildman–Crippen MR) is 124 cm³/mol. The molecule has 0 bridgehead atoms.